The van der Waals surface area contributed by atoms with Crippen LogP contribution in [-0.2, 0) is 51.4 Å². The number of unbranched alkanes of at least 4 members (excludes halogenated alkanes) is 2. The second-order valence-corrected chi connectivity index (χ2v) is 22.7. The van der Waals surface area contributed by atoms with Gasteiger partial charge in [0, 0.05) is 74.3 Å². The number of amides is 9. The Morgan fingerprint density at radius 2 is 1.61 bits per heavy atom. The van der Waals surface area contributed by atoms with Gasteiger partial charge in [0.1, 0.15) is 42.3 Å². The minimum Gasteiger partial charge on any atom is -0.445 e. The molecule has 440 valence electrons. The molecule has 1 aliphatic carbocycles. The number of halogens is 2. The molecule has 3 heterocycles. The number of carbonyl (C=O) groups is 8. The number of carbonyl (C=O) groups excluding carboxylic acids is 8. The number of ether oxygens (including phenoxy) is 2. The van der Waals surface area contributed by atoms with Gasteiger partial charge in [0.05, 0.1) is 11.7 Å². The van der Waals surface area contributed by atoms with Crippen LogP contribution in [0.15, 0.2) is 91.1 Å². The molecule has 2 aliphatic heterocycles. The van der Waals surface area contributed by atoms with Crippen LogP contribution < -0.4 is 32.3 Å². The smallest absolute Gasteiger partial charge is 0.407 e. The van der Waals surface area contributed by atoms with Crippen LogP contribution in [0, 0.1) is 23.0 Å². The Hall–Kier alpha value is -8.01. The van der Waals surface area contributed by atoms with Crippen molar-refractivity contribution in [1.29, 1.82) is 0 Å². The van der Waals surface area contributed by atoms with Gasteiger partial charge in [0.25, 0.3) is 17.7 Å². The first-order valence-electron chi connectivity index (χ1n) is 28.1. The zero-order valence-electron chi connectivity index (χ0n) is 47.3. The van der Waals surface area contributed by atoms with Crippen LogP contribution in [0.5, 0.6) is 0 Å². The van der Waals surface area contributed by atoms with E-state index in [1.807, 2.05) is 55.7 Å². The highest BCUT2D eigenvalue weighted by atomic mass is 19.1. The van der Waals surface area contributed by atoms with Crippen molar-refractivity contribution in [3.63, 3.8) is 0 Å². The molecule has 9 amide bonds. The number of rotatable bonds is 28. The van der Waals surface area contributed by atoms with Crippen molar-refractivity contribution < 1.29 is 56.6 Å². The highest BCUT2D eigenvalue weighted by molar-refractivity contribution is 6.12. The van der Waals surface area contributed by atoms with Crippen LogP contribution in [0.1, 0.15) is 128 Å². The second kappa shape index (κ2) is 28.1. The molecule has 1 aromatic heterocycles. The summed E-state index contributed by atoms with van der Waals surface area (Å²) in [5.41, 5.74) is 6.05. The van der Waals surface area contributed by atoms with Gasteiger partial charge in [-0.3, -0.25) is 33.7 Å². The van der Waals surface area contributed by atoms with Gasteiger partial charge in [-0.1, -0.05) is 83.5 Å². The number of urea groups is 1. The number of primary amides is 1. The van der Waals surface area contributed by atoms with Crippen molar-refractivity contribution in [2.45, 2.75) is 148 Å². The van der Waals surface area contributed by atoms with E-state index in [0.29, 0.717) is 81.6 Å². The van der Waals surface area contributed by atoms with Crippen LogP contribution in [-0.4, -0.2) is 117 Å². The molecule has 1 saturated heterocycles. The fourth-order valence-electron chi connectivity index (χ4n) is 10.1. The monoisotopic (exact) mass is 1130 g/mol. The zero-order valence-corrected chi connectivity index (χ0v) is 47.3. The number of benzene rings is 3. The summed E-state index contributed by atoms with van der Waals surface area (Å²) in [7, 11) is 0. The Morgan fingerprint density at radius 3 is 2.26 bits per heavy atom. The van der Waals surface area contributed by atoms with Crippen LogP contribution in [0.2, 0.25) is 0 Å². The Kier molecular flexibility index (Phi) is 21.1. The van der Waals surface area contributed by atoms with Crippen LogP contribution >= 0.6 is 0 Å². The average Bonchev–Trinajstić information content (AvgIpc) is 3.72. The zero-order chi connectivity index (χ0) is 59.1. The van der Waals surface area contributed by atoms with Gasteiger partial charge < -0.3 is 51.3 Å². The molecule has 1 saturated carbocycles. The highest BCUT2D eigenvalue weighted by Gasteiger charge is 2.47. The lowest BCUT2D eigenvalue weighted by Gasteiger charge is -2.41. The first-order valence-corrected chi connectivity index (χ1v) is 28.1. The Balaban J connectivity index is 0.961. The lowest BCUT2D eigenvalue weighted by atomic mass is 9.84. The molecule has 0 unspecified atom stereocenters. The van der Waals surface area contributed by atoms with Gasteiger partial charge in [-0.25, -0.2) is 23.4 Å². The maximum atomic E-state index is 15.4. The molecular weight excluding hydrogens is 1060 g/mol. The second-order valence-electron chi connectivity index (χ2n) is 22.7. The predicted octanol–water partition coefficient (Wildman–Crippen LogP) is 7.32. The van der Waals surface area contributed by atoms with E-state index in [2.05, 4.69) is 26.6 Å². The lowest BCUT2D eigenvalue weighted by molar-refractivity contribution is -0.146. The number of aromatic nitrogens is 2. The standard InChI is InChI=1S/C60H76F2N10O10/c1-38(2)51(68-48(73)18-10-7-11-31-71-49(74)25-26-50(71)75)55(77)67-45(16-12-30-64-57(63)79)54(76)65-42-22-19-40(20-23-42)37-82-58(80)69-60(27-28-60)29-32-72(56(78)47-17-13-33-81-47)52(59(3,4)5)53-66-46(43-34-41(61)21-24-44(43)62)36-70(53)35-39-14-8-6-9-15-39/h6,8-9,14-15,19-26,34,36,38,45,47,51-52H,7,10-13,16-18,27-33,35,37H2,1-5H3,(H,65,76)(H,67,77)(H,68,73)(H,69,80)(H3,63,64,79)/t45-,47-,51-,52-/m0/s1. The van der Waals surface area contributed by atoms with E-state index >= 15 is 4.39 Å². The number of hydrogen-bond donors (Lipinski definition) is 6. The molecule has 3 aliphatic rings. The molecule has 0 bridgehead atoms. The molecule has 4 atom stereocenters. The Labute approximate surface area is 476 Å². The SMILES string of the molecule is CC(C)[C@H](NC(=O)CCCCCN1C(=O)C=CC1=O)C(=O)N[C@@H](CCCNC(N)=O)C(=O)Nc1ccc(COC(=O)NC2(CCN(C(=O)[C@@H]3CCCO3)[C@@H](c3nc(-c4cc(F)ccc4F)cn3Cc3ccccc3)C(C)(C)C)CC2)cc1. The van der Waals surface area contributed by atoms with Crippen LogP contribution in [0.3, 0.4) is 0 Å². The molecule has 0 spiro atoms. The predicted molar refractivity (Wildman–Crippen MR) is 301 cm³/mol. The maximum absolute atomic E-state index is 15.4. The third-order valence-electron chi connectivity index (χ3n) is 14.8. The summed E-state index contributed by atoms with van der Waals surface area (Å²) in [5.74, 6) is -3.60. The number of imidazole rings is 1. The summed E-state index contributed by atoms with van der Waals surface area (Å²) in [4.78, 5) is 112. The molecule has 3 aromatic carbocycles. The summed E-state index contributed by atoms with van der Waals surface area (Å²) in [6.45, 7) is 10.8. The van der Waals surface area contributed by atoms with E-state index in [4.69, 9.17) is 20.2 Å². The van der Waals surface area contributed by atoms with Crippen molar-refractivity contribution in [2.75, 3.05) is 31.6 Å². The first kappa shape index (κ1) is 61.6. The Morgan fingerprint density at radius 1 is 0.890 bits per heavy atom. The fraction of sp³-hybridized carbons (Fsp3) is 0.483. The van der Waals surface area contributed by atoms with Crippen molar-refractivity contribution in [3.05, 3.63) is 120 Å². The molecule has 7 rings (SSSR count). The average molecular weight is 1140 g/mol. The van der Waals surface area contributed by atoms with Crippen molar-refractivity contribution in [2.24, 2.45) is 17.1 Å². The summed E-state index contributed by atoms with van der Waals surface area (Å²) in [5, 5.41) is 13.9. The van der Waals surface area contributed by atoms with E-state index in [0.717, 1.165) is 28.7 Å². The van der Waals surface area contributed by atoms with E-state index in [-0.39, 0.29) is 86.3 Å². The molecule has 0 radical (unpaired) electrons. The normalized spacial score (nSPS) is 16.5. The minimum absolute atomic E-state index is 0.00756. The van der Waals surface area contributed by atoms with E-state index in [9.17, 15) is 42.7 Å². The van der Waals surface area contributed by atoms with Crippen molar-refractivity contribution in [3.8, 4) is 11.3 Å². The van der Waals surface area contributed by atoms with Crippen molar-refractivity contribution >= 4 is 53.3 Å². The van der Waals surface area contributed by atoms with E-state index < -0.39 is 70.8 Å². The number of nitrogens with one attached hydrogen (secondary N) is 5. The number of alkyl carbamates (subject to hydrolysis) is 1. The maximum Gasteiger partial charge on any atom is 0.407 e. The fourth-order valence-corrected chi connectivity index (χ4v) is 10.1. The molecule has 4 aromatic rings. The van der Waals surface area contributed by atoms with Gasteiger partial charge in [-0.15, -0.1) is 0 Å². The van der Waals surface area contributed by atoms with Gasteiger partial charge in [-0.2, -0.15) is 0 Å². The molecule has 7 N–H and O–H groups in total. The first-order chi connectivity index (χ1) is 39.1. The third kappa shape index (κ3) is 17.3. The van der Waals surface area contributed by atoms with Crippen LogP contribution in [0.4, 0.5) is 24.1 Å². The summed E-state index contributed by atoms with van der Waals surface area (Å²) >= 11 is 0. The summed E-state index contributed by atoms with van der Waals surface area (Å²) in [6, 6.07) is 16.0. The quantitative estimate of drug-likeness (QED) is 0.0242. The van der Waals surface area contributed by atoms with Crippen LogP contribution in [0.25, 0.3) is 11.3 Å². The van der Waals surface area contributed by atoms with Gasteiger partial charge in [0.2, 0.25) is 17.7 Å². The minimum atomic E-state index is -1.08. The van der Waals surface area contributed by atoms with Gasteiger partial charge >= 0.3 is 12.1 Å². The molecule has 20 nitrogen and oxygen atoms in total. The molecule has 2 fully saturated rings. The molecule has 82 heavy (non-hydrogen) atoms. The van der Waals surface area contributed by atoms with Crippen molar-refractivity contribution in [1.82, 2.24) is 40.6 Å². The number of hydrogen-bond acceptors (Lipinski definition) is 11. The van der Waals surface area contributed by atoms with Gasteiger partial charge in [-0.05, 0) is 111 Å². The topological polar surface area (TPSA) is 265 Å². The number of imide groups is 1. The van der Waals surface area contributed by atoms with Gasteiger partial charge in [0.15, 0.2) is 0 Å². The van der Waals surface area contributed by atoms with E-state index in [1.54, 1.807) is 49.2 Å². The summed E-state index contributed by atoms with van der Waals surface area (Å²) < 4.78 is 43.5. The third-order valence-corrected chi connectivity index (χ3v) is 14.8. The highest BCUT2D eigenvalue weighted by Crippen LogP contribution is 2.44. The molecule has 22 heteroatoms. The van der Waals surface area contributed by atoms with E-state index in [1.165, 1.54) is 12.2 Å². The number of nitrogens with zero attached hydrogens (tertiary/aromatic N) is 4. The Bertz CT molecular complexity index is 2940. The summed E-state index contributed by atoms with van der Waals surface area (Å²) in [6.07, 6.45) is 7.69. The molecular formula is C60H76F2N10O10. The number of nitrogens with two attached hydrogens (primary N) is 1. The lowest BCUT2D eigenvalue weighted by Crippen LogP contribution is -2.54. The largest absolute Gasteiger partial charge is 0.445 e. The number of anilines is 1.